The average Bonchev–Trinajstić information content (AvgIpc) is 2.37. The Kier molecular flexibility index (Phi) is 4.47. The number of nitrogens with zero attached hydrogens (tertiary/aromatic N) is 2. The lowest BCUT2D eigenvalue weighted by atomic mass is 10.2. The molecule has 0 saturated carbocycles. The van der Waals surface area contributed by atoms with Gasteiger partial charge in [0.15, 0.2) is 5.75 Å². The van der Waals surface area contributed by atoms with E-state index >= 15 is 0 Å². The van der Waals surface area contributed by atoms with Gasteiger partial charge in [-0.2, -0.15) is 0 Å². The maximum absolute atomic E-state index is 11.1. The van der Waals surface area contributed by atoms with E-state index in [-0.39, 0.29) is 18.0 Å². The summed E-state index contributed by atoms with van der Waals surface area (Å²) < 4.78 is 9.49. The maximum Gasteiger partial charge on any atom is 0.325 e. The largest absolute Gasteiger partial charge is 0.490 e. The van der Waals surface area contributed by atoms with Gasteiger partial charge in [0.1, 0.15) is 6.54 Å². The highest BCUT2D eigenvalue weighted by molar-refractivity contribution is 5.76. The molecule has 1 aromatic carbocycles. The summed E-state index contributed by atoms with van der Waals surface area (Å²) in [6.45, 7) is 0.0530. The molecular weight excluding hydrogens is 240 g/mol. The number of benzene rings is 1. The Morgan fingerprint density at radius 2 is 2.11 bits per heavy atom. The van der Waals surface area contributed by atoms with Crippen molar-refractivity contribution in [3.8, 4) is 5.75 Å². The molecule has 0 heterocycles. The number of methoxy groups -OCH3 is 2. The molecule has 0 radical (unpaired) electrons. The summed E-state index contributed by atoms with van der Waals surface area (Å²) in [4.78, 5) is 22.9. The van der Waals surface area contributed by atoms with Gasteiger partial charge in [-0.05, 0) is 6.07 Å². The van der Waals surface area contributed by atoms with Gasteiger partial charge in [-0.1, -0.05) is 0 Å². The molecule has 0 atom stereocenters. The van der Waals surface area contributed by atoms with Gasteiger partial charge in [0.25, 0.3) is 0 Å². The molecule has 0 amide bonds. The monoisotopic (exact) mass is 254 g/mol. The molecule has 0 aliphatic heterocycles. The second-order valence-electron chi connectivity index (χ2n) is 3.55. The van der Waals surface area contributed by atoms with E-state index in [1.54, 1.807) is 18.0 Å². The number of hydrogen-bond donors (Lipinski definition) is 0. The average molecular weight is 254 g/mol. The SMILES string of the molecule is COC(=O)CN(C)c1ccc([N+](=O)[O-])c(OC)c1. The van der Waals surface area contributed by atoms with Crippen molar-refractivity contribution in [1.29, 1.82) is 0 Å². The molecule has 1 aromatic rings. The van der Waals surface area contributed by atoms with Crippen LogP contribution < -0.4 is 9.64 Å². The van der Waals surface area contributed by atoms with Crippen LogP contribution in [0.1, 0.15) is 0 Å². The van der Waals surface area contributed by atoms with Crippen LogP contribution in [0.25, 0.3) is 0 Å². The molecule has 0 saturated heterocycles. The van der Waals surface area contributed by atoms with E-state index in [2.05, 4.69) is 4.74 Å². The van der Waals surface area contributed by atoms with Crippen LogP contribution in [0.5, 0.6) is 5.75 Å². The second-order valence-corrected chi connectivity index (χ2v) is 3.55. The quantitative estimate of drug-likeness (QED) is 0.446. The molecule has 0 aliphatic rings. The molecule has 98 valence electrons. The number of anilines is 1. The summed E-state index contributed by atoms with van der Waals surface area (Å²) in [7, 11) is 4.33. The van der Waals surface area contributed by atoms with E-state index in [0.29, 0.717) is 5.69 Å². The number of likely N-dealkylation sites (N-methyl/N-ethyl adjacent to an activating group) is 1. The van der Waals surface area contributed by atoms with Crippen LogP contribution in [0.3, 0.4) is 0 Å². The number of carbonyl (C=O) groups is 1. The Morgan fingerprint density at radius 1 is 1.44 bits per heavy atom. The maximum atomic E-state index is 11.1. The summed E-state index contributed by atoms with van der Waals surface area (Å²) in [6, 6.07) is 4.38. The first-order valence-corrected chi connectivity index (χ1v) is 5.10. The number of ether oxygens (including phenoxy) is 2. The smallest absolute Gasteiger partial charge is 0.325 e. The normalized spacial score (nSPS) is 9.72. The van der Waals surface area contributed by atoms with Crippen molar-refractivity contribution in [2.45, 2.75) is 0 Å². The molecular formula is C11H14N2O5. The summed E-state index contributed by atoms with van der Waals surface area (Å²) in [5.41, 5.74) is 0.510. The summed E-state index contributed by atoms with van der Waals surface area (Å²) in [5.74, 6) is -0.246. The van der Waals surface area contributed by atoms with Crippen LogP contribution >= 0.6 is 0 Å². The highest BCUT2D eigenvalue weighted by Gasteiger charge is 2.16. The number of hydrogen-bond acceptors (Lipinski definition) is 6. The van der Waals surface area contributed by atoms with Crippen LogP contribution in [0.15, 0.2) is 18.2 Å². The Hall–Kier alpha value is -2.31. The third-order valence-corrected chi connectivity index (χ3v) is 2.39. The minimum Gasteiger partial charge on any atom is -0.490 e. The van der Waals surface area contributed by atoms with Crippen molar-refractivity contribution in [3.63, 3.8) is 0 Å². The molecule has 0 unspecified atom stereocenters. The van der Waals surface area contributed by atoms with Gasteiger partial charge >= 0.3 is 11.7 Å². The van der Waals surface area contributed by atoms with Crippen LogP contribution in [0.2, 0.25) is 0 Å². The molecule has 0 aliphatic carbocycles. The van der Waals surface area contributed by atoms with Crippen molar-refractivity contribution >= 4 is 17.3 Å². The number of carbonyl (C=O) groups excluding carboxylic acids is 1. The van der Waals surface area contributed by atoms with Crippen molar-refractivity contribution in [1.82, 2.24) is 0 Å². The van der Waals surface area contributed by atoms with Gasteiger partial charge in [-0.15, -0.1) is 0 Å². The van der Waals surface area contributed by atoms with Gasteiger partial charge in [0.05, 0.1) is 19.1 Å². The number of rotatable bonds is 5. The number of nitro benzene ring substituents is 1. The number of esters is 1. The zero-order valence-corrected chi connectivity index (χ0v) is 10.4. The van der Waals surface area contributed by atoms with Crippen molar-refractivity contribution in [3.05, 3.63) is 28.3 Å². The predicted octanol–water partition coefficient (Wildman–Crippen LogP) is 1.21. The van der Waals surface area contributed by atoms with Crippen LogP contribution in [-0.2, 0) is 9.53 Å². The zero-order valence-electron chi connectivity index (χ0n) is 10.4. The lowest BCUT2D eigenvalue weighted by Gasteiger charge is -2.18. The Labute approximate surface area is 104 Å². The molecule has 0 bridgehead atoms. The van der Waals surface area contributed by atoms with Gasteiger partial charge in [-0.25, -0.2) is 0 Å². The van der Waals surface area contributed by atoms with Crippen LogP contribution in [0.4, 0.5) is 11.4 Å². The van der Waals surface area contributed by atoms with Crippen molar-refractivity contribution < 1.29 is 19.2 Å². The third kappa shape index (κ3) is 3.09. The highest BCUT2D eigenvalue weighted by atomic mass is 16.6. The summed E-state index contributed by atoms with van der Waals surface area (Å²) in [6.07, 6.45) is 0. The molecule has 1 rings (SSSR count). The van der Waals surface area contributed by atoms with Crippen LogP contribution in [0, 0.1) is 10.1 Å². The molecule has 0 fully saturated rings. The molecule has 0 aromatic heterocycles. The predicted molar refractivity (Wildman–Crippen MR) is 64.9 cm³/mol. The van der Waals surface area contributed by atoms with E-state index in [4.69, 9.17) is 4.74 Å². The third-order valence-electron chi connectivity index (χ3n) is 2.39. The lowest BCUT2D eigenvalue weighted by Crippen LogP contribution is -2.26. The Morgan fingerprint density at radius 3 is 2.61 bits per heavy atom. The van der Waals surface area contributed by atoms with Crippen molar-refractivity contribution in [2.75, 3.05) is 32.7 Å². The van der Waals surface area contributed by atoms with Crippen molar-refractivity contribution in [2.24, 2.45) is 0 Å². The molecule has 18 heavy (non-hydrogen) atoms. The molecule has 7 heteroatoms. The standard InChI is InChI=1S/C11H14N2O5/c1-12(7-11(14)18-3)8-4-5-9(13(15)16)10(6-8)17-2/h4-6H,7H2,1-3H3. The van der Waals surface area contributed by atoms with Gasteiger partial charge in [0, 0.05) is 24.9 Å². The van der Waals surface area contributed by atoms with Gasteiger partial charge in [-0.3, -0.25) is 14.9 Å². The highest BCUT2D eigenvalue weighted by Crippen LogP contribution is 2.30. The fraction of sp³-hybridized carbons (Fsp3) is 0.364. The Balaban J connectivity index is 2.98. The van der Waals surface area contributed by atoms with E-state index in [0.717, 1.165) is 0 Å². The summed E-state index contributed by atoms with van der Waals surface area (Å²) >= 11 is 0. The second kappa shape index (κ2) is 5.85. The Bertz CT molecular complexity index is 461. The minimum absolute atomic E-state index is 0.0530. The van der Waals surface area contributed by atoms with Gasteiger partial charge < -0.3 is 14.4 Å². The van der Waals surface area contributed by atoms with E-state index in [1.165, 1.54) is 26.4 Å². The van der Waals surface area contributed by atoms with E-state index < -0.39 is 10.9 Å². The number of nitro groups is 1. The molecule has 7 nitrogen and oxygen atoms in total. The first-order chi connectivity index (χ1) is 8.49. The molecule has 0 spiro atoms. The summed E-state index contributed by atoms with van der Waals surface area (Å²) in [5, 5.41) is 10.7. The lowest BCUT2D eigenvalue weighted by molar-refractivity contribution is -0.385. The molecule has 0 N–H and O–H groups in total. The fourth-order valence-corrected chi connectivity index (χ4v) is 1.40. The van der Waals surface area contributed by atoms with E-state index in [9.17, 15) is 14.9 Å². The first kappa shape index (κ1) is 13.8. The van der Waals surface area contributed by atoms with E-state index in [1.807, 2.05) is 0 Å². The first-order valence-electron chi connectivity index (χ1n) is 5.10. The topological polar surface area (TPSA) is 81.9 Å². The zero-order chi connectivity index (χ0) is 13.7. The van der Waals surface area contributed by atoms with Crippen LogP contribution in [-0.4, -0.2) is 38.7 Å². The fourth-order valence-electron chi connectivity index (χ4n) is 1.40. The minimum atomic E-state index is -0.525. The van der Waals surface area contributed by atoms with Gasteiger partial charge in [0.2, 0.25) is 0 Å².